The van der Waals surface area contributed by atoms with Gasteiger partial charge in [-0.25, -0.2) is 0 Å². The average Bonchev–Trinajstić information content (AvgIpc) is 3.10. The molecule has 3 rings (SSSR count). The van der Waals surface area contributed by atoms with E-state index in [0.717, 1.165) is 37.1 Å². The zero-order chi connectivity index (χ0) is 21.0. The maximum atomic E-state index is 13.0. The Labute approximate surface area is 170 Å². The highest BCUT2D eigenvalue weighted by atomic mass is 19.4. The van der Waals surface area contributed by atoms with Gasteiger partial charge in [-0.05, 0) is 56.6 Å². The van der Waals surface area contributed by atoms with Crippen LogP contribution in [0, 0.1) is 11.8 Å². The van der Waals surface area contributed by atoms with Crippen LogP contribution in [0.4, 0.5) is 18.9 Å². The second-order valence-electron chi connectivity index (χ2n) is 7.90. The van der Waals surface area contributed by atoms with Gasteiger partial charge in [0, 0.05) is 41.8 Å². The van der Waals surface area contributed by atoms with Crippen molar-refractivity contribution in [2.45, 2.75) is 52.3 Å². The number of fused-ring (bicyclic) bond motifs is 1. The van der Waals surface area contributed by atoms with Crippen LogP contribution in [-0.4, -0.2) is 41.2 Å². The van der Waals surface area contributed by atoms with Gasteiger partial charge in [0.15, 0.2) is 0 Å². The third-order valence-corrected chi connectivity index (χ3v) is 6.10. The maximum absolute atomic E-state index is 13.0. The Bertz CT molecular complexity index is 826. The van der Waals surface area contributed by atoms with Gasteiger partial charge >= 0.3 is 6.18 Å². The first-order chi connectivity index (χ1) is 13.8. The van der Waals surface area contributed by atoms with E-state index >= 15 is 0 Å². The number of alkyl halides is 3. The van der Waals surface area contributed by atoms with E-state index in [4.69, 9.17) is 0 Å². The summed E-state index contributed by atoms with van der Waals surface area (Å²) in [5.41, 5.74) is 1.73. The summed E-state index contributed by atoms with van der Waals surface area (Å²) in [5.74, 6) is -2.25. The van der Waals surface area contributed by atoms with Gasteiger partial charge in [-0.3, -0.25) is 4.79 Å². The van der Waals surface area contributed by atoms with Gasteiger partial charge in [-0.2, -0.15) is 13.2 Å². The van der Waals surface area contributed by atoms with E-state index in [1.165, 1.54) is 0 Å². The van der Waals surface area contributed by atoms with Crippen molar-refractivity contribution in [1.82, 2.24) is 9.47 Å². The molecule has 1 aliphatic rings. The number of hydrogen-bond donors (Lipinski definition) is 1. The number of benzene rings is 1. The number of anilines is 1. The molecule has 1 saturated carbocycles. The van der Waals surface area contributed by atoms with Crippen LogP contribution >= 0.6 is 0 Å². The molecule has 2 atom stereocenters. The Kier molecular flexibility index (Phi) is 6.88. The average molecular weight is 409 g/mol. The van der Waals surface area contributed by atoms with E-state index in [1.54, 1.807) is 0 Å². The Balaban J connectivity index is 1.64. The van der Waals surface area contributed by atoms with Crippen molar-refractivity contribution < 1.29 is 18.0 Å². The molecule has 1 amide bonds. The van der Waals surface area contributed by atoms with Crippen LogP contribution in [0.3, 0.4) is 0 Å². The van der Waals surface area contributed by atoms with Crippen molar-refractivity contribution in [3.05, 3.63) is 30.5 Å². The van der Waals surface area contributed by atoms with E-state index in [1.807, 2.05) is 30.5 Å². The SMILES string of the molecule is CCN(CC)CCn1ccc2cc(NC(=O)C3CCCC(C(F)(F)F)C3)ccc21. The molecule has 29 heavy (non-hydrogen) atoms. The molecule has 1 aliphatic carbocycles. The van der Waals surface area contributed by atoms with Gasteiger partial charge in [-0.15, -0.1) is 0 Å². The molecule has 0 spiro atoms. The summed E-state index contributed by atoms with van der Waals surface area (Å²) in [6, 6.07) is 7.70. The van der Waals surface area contributed by atoms with Crippen LogP contribution in [0.1, 0.15) is 39.5 Å². The Morgan fingerprint density at radius 2 is 1.97 bits per heavy atom. The number of hydrogen-bond acceptors (Lipinski definition) is 2. The van der Waals surface area contributed by atoms with Crippen molar-refractivity contribution >= 4 is 22.5 Å². The van der Waals surface area contributed by atoms with Crippen LogP contribution in [0.15, 0.2) is 30.5 Å². The number of amides is 1. The number of rotatable bonds is 7. The molecule has 160 valence electrons. The van der Waals surface area contributed by atoms with E-state index in [0.29, 0.717) is 18.5 Å². The van der Waals surface area contributed by atoms with Crippen LogP contribution in [0.5, 0.6) is 0 Å². The largest absolute Gasteiger partial charge is 0.391 e. The van der Waals surface area contributed by atoms with E-state index in [2.05, 4.69) is 28.6 Å². The quantitative estimate of drug-likeness (QED) is 0.675. The highest BCUT2D eigenvalue weighted by Crippen LogP contribution is 2.40. The number of likely N-dealkylation sites (N-methyl/N-ethyl adjacent to an activating group) is 1. The molecule has 0 aliphatic heterocycles. The van der Waals surface area contributed by atoms with Gasteiger partial charge in [-0.1, -0.05) is 20.3 Å². The number of nitrogens with zero attached hydrogens (tertiary/aromatic N) is 2. The minimum Gasteiger partial charge on any atom is -0.346 e. The Morgan fingerprint density at radius 3 is 2.66 bits per heavy atom. The minimum absolute atomic E-state index is 0.112. The number of carbonyl (C=O) groups is 1. The molecule has 0 radical (unpaired) electrons. The summed E-state index contributed by atoms with van der Waals surface area (Å²) >= 11 is 0. The monoisotopic (exact) mass is 409 g/mol. The molecule has 1 heterocycles. The summed E-state index contributed by atoms with van der Waals surface area (Å²) < 4.78 is 41.2. The fourth-order valence-corrected chi connectivity index (χ4v) is 4.23. The number of nitrogens with one attached hydrogen (secondary N) is 1. The maximum Gasteiger partial charge on any atom is 0.391 e. The van der Waals surface area contributed by atoms with Crippen molar-refractivity contribution in [3.63, 3.8) is 0 Å². The van der Waals surface area contributed by atoms with Crippen LogP contribution in [0.25, 0.3) is 10.9 Å². The van der Waals surface area contributed by atoms with Crippen LogP contribution in [0.2, 0.25) is 0 Å². The second kappa shape index (κ2) is 9.20. The first-order valence-corrected chi connectivity index (χ1v) is 10.5. The Hall–Kier alpha value is -2.02. The molecule has 0 bridgehead atoms. The fraction of sp³-hybridized carbons (Fsp3) is 0.591. The van der Waals surface area contributed by atoms with Crippen molar-refractivity contribution in [2.24, 2.45) is 11.8 Å². The predicted molar refractivity (Wildman–Crippen MR) is 110 cm³/mol. The zero-order valence-electron chi connectivity index (χ0n) is 17.1. The molecule has 1 aromatic carbocycles. The highest BCUT2D eigenvalue weighted by Gasteiger charge is 2.43. The highest BCUT2D eigenvalue weighted by molar-refractivity contribution is 5.95. The normalized spacial score (nSPS) is 20.3. The van der Waals surface area contributed by atoms with Crippen molar-refractivity contribution in [3.8, 4) is 0 Å². The fourth-order valence-electron chi connectivity index (χ4n) is 4.23. The first kappa shape index (κ1) is 21.7. The topological polar surface area (TPSA) is 37.3 Å². The summed E-state index contributed by atoms with van der Waals surface area (Å²) in [4.78, 5) is 14.9. The first-order valence-electron chi connectivity index (χ1n) is 10.5. The van der Waals surface area contributed by atoms with E-state index in [9.17, 15) is 18.0 Å². The smallest absolute Gasteiger partial charge is 0.346 e. The molecule has 2 aromatic rings. The third-order valence-electron chi connectivity index (χ3n) is 6.10. The van der Waals surface area contributed by atoms with Crippen molar-refractivity contribution in [1.29, 1.82) is 0 Å². The van der Waals surface area contributed by atoms with Gasteiger partial charge in [0.2, 0.25) is 5.91 Å². The molecule has 1 fully saturated rings. The molecule has 0 saturated heterocycles. The predicted octanol–water partition coefficient (Wildman–Crippen LogP) is 5.29. The minimum atomic E-state index is -4.22. The molecule has 2 unspecified atom stereocenters. The standard InChI is InChI=1S/C22H30F3N3O/c1-3-27(4-2)12-13-28-11-10-16-15-19(8-9-20(16)28)26-21(29)17-6-5-7-18(14-17)22(23,24)25/h8-11,15,17-18H,3-7,12-14H2,1-2H3,(H,26,29). The lowest BCUT2D eigenvalue weighted by Crippen LogP contribution is -2.34. The van der Waals surface area contributed by atoms with Crippen molar-refractivity contribution in [2.75, 3.05) is 25.0 Å². The lowest BCUT2D eigenvalue weighted by molar-refractivity contribution is -0.185. The lowest BCUT2D eigenvalue weighted by Gasteiger charge is -2.29. The van der Waals surface area contributed by atoms with Gasteiger partial charge in [0.25, 0.3) is 0 Å². The Morgan fingerprint density at radius 1 is 1.21 bits per heavy atom. The second-order valence-corrected chi connectivity index (χ2v) is 7.90. The number of carbonyl (C=O) groups excluding carboxylic acids is 1. The molecule has 1 N–H and O–H groups in total. The van der Waals surface area contributed by atoms with Gasteiger partial charge < -0.3 is 14.8 Å². The lowest BCUT2D eigenvalue weighted by atomic mass is 9.80. The van der Waals surface area contributed by atoms with Gasteiger partial charge in [0.05, 0.1) is 5.92 Å². The summed E-state index contributed by atoms with van der Waals surface area (Å²) in [6.45, 7) is 8.19. The van der Waals surface area contributed by atoms with Gasteiger partial charge in [0.1, 0.15) is 0 Å². The summed E-state index contributed by atoms with van der Waals surface area (Å²) in [6.07, 6.45) is -1.21. The molecule has 4 nitrogen and oxygen atoms in total. The summed E-state index contributed by atoms with van der Waals surface area (Å²) in [7, 11) is 0. The van der Waals surface area contributed by atoms with E-state index in [-0.39, 0.29) is 18.7 Å². The zero-order valence-corrected chi connectivity index (χ0v) is 17.1. The molecular formula is C22H30F3N3O. The molecule has 7 heteroatoms. The number of halogens is 3. The summed E-state index contributed by atoms with van der Waals surface area (Å²) in [5, 5.41) is 3.84. The van der Waals surface area contributed by atoms with Crippen LogP contribution in [-0.2, 0) is 11.3 Å². The molecule has 1 aromatic heterocycles. The molecular weight excluding hydrogens is 379 g/mol. The third kappa shape index (κ3) is 5.32. The van der Waals surface area contributed by atoms with Crippen LogP contribution < -0.4 is 5.32 Å². The number of aromatic nitrogens is 1. The van der Waals surface area contributed by atoms with E-state index < -0.39 is 18.0 Å².